The molecule has 12 heavy (non-hydrogen) atoms. The number of guanidine groups is 1. The maximum atomic E-state index is 5.57. The number of aliphatic imine (C=N–C) groups is 1. The number of hydrogen-bond donors (Lipinski definition) is 3. The van der Waals surface area contributed by atoms with Crippen molar-refractivity contribution in [2.75, 3.05) is 13.1 Å². The average Bonchev–Trinajstić information content (AvgIpc) is 1.98. The van der Waals surface area contributed by atoms with Gasteiger partial charge < -0.3 is 16.8 Å². The first kappa shape index (κ1) is 11.2. The number of nitrogens with zero attached hydrogens (tertiary/aromatic N) is 1. The molecular weight excluding hydrogens is 152 g/mol. The summed E-state index contributed by atoms with van der Waals surface area (Å²) in [5.41, 5.74) is 11.1. The van der Waals surface area contributed by atoms with Crippen LogP contribution in [0.25, 0.3) is 0 Å². The Morgan fingerprint density at radius 3 is 2.75 bits per heavy atom. The van der Waals surface area contributed by atoms with Crippen LogP contribution in [0.4, 0.5) is 0 Å². The van der Waals surface area contributed by atoms with Gasteiger partial charge in [-0.15, -0.1) is 0 Å². The molecule has 0 heterocycles. The molecule has 5 N–H and O–H groups in total. The molecule has 1 unspecified atom stereocenters. The first-order valence-electron chi connectivity index (χ1n) is 4.46. The van der Waals surface area contributed by atoms with Crippen LogP contribution < -0.4 is 16.8 Å². The molecule has 0 radical (unpaired) electrons. The first-order valence-corrected chi connectivity index (χ1v) is 4.46. The van der Waals surface area contributed by atoms with Crippen molar-refractivity contribution in [1.29, 1.82) is 0 Å². The highest BCUT2D eigenvalue weighted by atomic mass is 15.1. The van der Waals surface area contributed by atoms with Gasteiger partial charge in [-0.05, 0) is 26.7 Å². The third-order valence-electron chi connectivity index (χ3n) is 1.46. The highest BCUT2D eigenvalue weighted by Crippen LogP contribution is 1.92. The molecule has 0 aromatic rings. The second-order valence-electron chi connectivity index (χ2n) is 2.92. The monoisotopic (exact) mass is 172 g/mol. The molecule has 1 atom stereocenters. The Bertz CT molecular complexity index is 131. The van der Waals surface area contributed by atoms with Crippen molar-refractivity contribution in [3.05, 3.63) is 0 Å². The summed E-state index contributed by atoms with van der Waals surface area (Å²) in [6, 6.07) is 0.264. The summed E-state index contributed by atoms with van der Waals surface area (Å²) in [5.74, 6) is 0.530. The lowest BCUT2D eigenvalue weighted by molar-refractivity contribution is 0.630. The predicted octanol–water partition coefficient (Wildman–Crippen LogP) is 0.0380. The van der Waals surface area contributed by atoms with E-state index in [0.29, 0.717) is 5.96 Å². The quantitative estimate of drug-likeness (QED) is 0.311. The zero-order valence-electron chi connectivity index (χ0n) is 8.01. The van der Waals surface area contributed by atoms with Gasteiger partial charge in [0.2, 0.25) is 0 Å². The highest BCUT2D eigenvalue weighted by Gasteiger charge is 1.92. The van der Waals surface area contributed by atoms with Crippen molar-refractivity contribution in [1.82, 2.24) is 5.32 Å². The predicted molar refractivity (Wildman–Crippen MR) is 53.0 cm³/mol. The summed E-state index contributed by atoms with van der Waals surface area (Å²) in [6.45, 7) is 5.57. The molecule has 0 rings (SSSR count). The Morgan fingerprint density at radius 2 is 2.25 bits per heavy atom. The van der Waals surface area contributed by atoms with Gasteiger partial charge in [-0.3, -0.25) is 4.99 Å². The molecule has 0 saturated carbocycles. The van der Waals surface area contributed by atoms with Gasteiger partial charge in [-0.1, -0.05) is 0 Å². The van der Waals surface area contributed by atoms with E-state index in [-0.39, 0.29) is 6.04 Å². The summed E-state index contributed by atoms with van der Waals surface area (Å²) in [4.78, 5) is 4.11. The first-order chi connectivity index (χ1) is 5.66. The van der Waals surface area contributed by atoms with Gasteiger partial charge in [-0.2, -0.15) is 0 Å². The van der Waals surface area contributed by atoms with Crippen LogP contribution in [-0.2, 0) is 0 Å². The fraction of sp³-hybridized carbons (Fsp3) is 0.875. The molecule has 0 aliphatic heterocycles. The van der Waals surface area contributed by atoms with E-state index in [0.717, 1.165) is 25.9 Å². The van der Waals surface area contributed by atoms with Crippen LogP contribution >= 0.6 is 0 Å². The lowest BCUT2D eigenvalue weighted by atomic mass is 10.2. The fourth-order valence-electron chi connectivity index (χ4n) is 0.850. The standard InChI is InChI=1S/C8H20N4/c1-3-11-8(10)12-6-4-5-7(2)9/h7H,3-6,9H2,1-2H3,(H3,10,11,12). The molecular formula is C8H20N4. The van der Waals surface area contributed by atoms with Crippen LogP contribution in [-0.4, -0.2) is 25.1 Å². The smallest absolute Gasteiger partial charge is 0.188 e. The third kappa shape index (κ3) is 7.34. The van der Waals surface area contributed by atoms with E-state index in [1.807, 2.05) is 13.8 Å². The van der Waals surface area contributed by atoms with Gasteiger partial charge in [0.1, 0.15) is 0 Å². The van der Waals surface area contributed by atoms with Gasteiger partial charge in [0.15, 0.2) is 5.96 Å². The average molecular weight is 172 g/mol. The molecule has 4 nitrogen and oxygen atoms in total. The number of rotatable bonds is 5. The van der Waals surface area contributed by atoms with E-state index in [1.54, 1.807) is 0 Å². The minimum atomic E-state index is 0.264. The van der Waals surface area contributed by atoms with Gasteiger partial charge in [0.25, 0.3) is 0 Å². The summed E-state index contributed by atoms with van der Waals surface area (Å²) in [6.07, 6.45) is 2.01. The van der Waals surface area contributed by atoms with Crippen LogP contribution in [0.2, 0.25) is 0 Å². The summed E-state index contributed by atoms with van der Waals surface area (Å²) in [7, 11) is 0. The molecule has 0 saturated heterocycles. The summed E-state index contributed by atoms with van der Waals surface area (Å²) in [5, 5.41) is 2.93. The van der Waals surface area contributed by atoms with E-state index in [1.165, 1.54) is 0 Å². The van der Waals surface area contributed by atoms with E-state index >= 15 is 0 Å². The molecule has 4 heteroatoms. The second-order valence-corrected chi connectivity index (χ2v) is 2.92. The fourth-order valence-corrected chi connectivity index (χ4v) is 0.850. The maximum absolute atomic E-state index is 5.57. The van der Waals surface area contributed by atoms with Crippen molar-refractivity contribution in [3.8, 4) is 0 Å². The van der Waals surface area contributed by atoms with Crippen LogP contribution in [0.1, 0.15) is 26.7 Å². The van der Waals surface area contributed by atoms with Crippen molar-refractivity contribution in [2.24, 2.45) is 16.5 Å². The molecule has 0 amide bonds. The molecule has 72 valence electrons. The lowest BCUT2D eigenvalue weighted by Gasteiger charge is -2.03. The Kier molecular flexibility index (Phi) is 6.47. The van der Waals surface area contributed by atoms with Crippen LogP contribution in [0.3, 0.4) is 0 Å². The lowest BCUT2D eigenvalue weighted by Crippen LogP contribution is -2.31. The molecule has 0 bridgehead atoms. The topological polar surface area (TPSA) is 76.4 Å². The Hall–Kier alpha value is -0.770. The van der Waals surface area contributed by atoms with Crippen LogP contribution in [0.5, 0.6) is 0 Å². The third-order valence-corrected chi connectivity index (χ3v) is 1.46. The number of nitrogens with one attached hydrogen (secondary N) is 1. The van der Waals surface area contributed by atoms with Crippen molar-refractivity contribution in [2.45, 2.75) is 32.7 Å². The number of nitrogens with two attached hydrogens (primary N) is 2. The molecule has 0 fully saturated rings. The van der Waals surface area contributed by atoms with Gasteiger partial charge in [0.05, 0.1) is 0 Å². The van der Waals surface area contributed by atoms with Crippen molar-refractivity contribution in [3.63, 3.8) is 0 Å². The molecule has 0 aromatic heterocycles. The molecule has 0 aliphatic rings. The minimum Gasteiger partial charge on any atom is -0.370 e. The Labute approximate surface area is 74.4 Å². The molecule has 0 aromatic carbocycles. The molecule has 0 spiro atoms. The van der Waals surface area contributed by atoms with Crippen molar-refractivity contribution < 1.29 is 0 Å². The van der Waals surface area contributed by atoms with Crippen LogP contribution in [0, 0.1) is 0 Å². The second kappa shape index (κ2) is 6.91. The van der Waals surface area contributed by atoms with Gasteiger partial charge in [-0.25, -0.2) is 0 Å². The summed E-state index contributed by atoms with van der Waals surface area (Å²) >= 11 is 0. The minimum absolute atomic E-state index is 0.264. The van der Waals surface area contributed by atoms with E-state index in [4.69, 9.17) is 11.5 Å². The van der Waals surface area contributed by atoms with Gasteiger partial charge in [0, 0.05) is 19.1 Å². The molecule has 0 aliphatic carbocycles. The van der Waals surface area contributed by atoms with E-state index in [9.17, 15) is 0 Å². The normalized spacial score (nSPS) is 14.4. The zero-order chi connectivity index (χ0) is 9.40. The maximum Gasteiger partial charge on any atom is 0.188 e. The van der Waals surface area contributed by atoms with Crippen LogP contribution in [0.15, 0.2) is 4.99 Å². The van der Waals surface area contributed by atoms with Crippen molar-refractivity contribution >= 4 is 5.96 Å². The van der Waals surface area contributed by atoms with Gasteiger partial charge >= 0.3 is 0 Å². The number of hydrogen-bond acceptors (Lipinski definition) is 2. The largest absolute Gasteiger partial charge is 0.370 e. The van der Waals surface area contributed by atoms with E-state index in [2.05, 4.69) is 10.3 Å². The highest BCUT2D eigenvalue weighted by molar-refractivity contribution is 5.77. The SMILES string of the molecule is CCNC(N)=NCCCC(C)N. The zero-order valence-corrected chi connectivity index (χ0v) is 8.01. The van der Waals surface area contributed by atoms with E-state index < -0.39 is 0 Å². The Morgan fingerprint density at radius 1 is 1.58 bits per heavy atom. The Balaban J connectivity index is 3.33. The summed E-state index contributed by atoms with van der Waals surface area (Å²) < 4.78 is 0.